The number of unbranched alkanes of at least 4 members (excludes halogenated alkanes) is 11. The van der Waals surface area contributed by atoms with E-state index in [1.54, 1.807) is 0 Å². The van der Waals surface area contributed by atoms with Crippen molar-refractivity contribution in [3.05, 3.63) is 0 Å². The van der Waals surface area contributed by atoms with Gasteiger partial charge in [0.2, 0.25) is 0 Å². The van der Waals surface area contributed by atoms with Crippen molar-refractivity contribution in [2.75, 3.05) is 5.33 Å². The highest BCUT2D eigenvalue weighted by Gasteiger charge is 2.14. The molecule has 0 aromatic rings. The molecule has 0 aliphatic heterocycles. The highest BCUT2D eigenvalue weighted by Crippen LogP contribution is 2.17. The molecule has 126 valence electrons. The number of Topliss-reactive ketones (excluding diaryl/α,β-unsaturated/α-hetero) is 1. The van der Waals surface area contributed by atoms with Crippen LogP contribution in [0.3, 0.4) is 0 Å². The van der Waals surface area contributed by atoms with Gasteiger partial charge in [0.1, 0.15) is 5.78 Å². The molecular weight excluding hydrogens is 324 g/mol. The summed E-state index contributed by atoms with van der Waals surface area (Å²) in [6.07, 6.45) is 18.4. The molecule has 0 saturated heterocycles. The molecular formula is C19H37BrO. The van der Waals surface area contributed by atoms with Gasteiger partial charge in [0.05, 0.1) is 0 Å². The largest absolute Gasteiger partial charge is 0.299 e. The van der Waals surface area contributed by atoms with E-state index in [4.69, 9.17) is 0 Å². The van der Waals surface area contributed by atoms with Crippen LogP contribution in [0, 0.1) is 5.92 Å². The van der Waals surface area contributed by atoms with Crippen molar-refractivity contribution >= 4 is 21.7 Å². The summed E-state index contributed by atoms with van der Waals surface area (Å²) in [5, 5.41) is 0.845. The maximum Gasteiger partial charge on any atom is 0.136 e. The van der Waals surface area contributed by atoms with Gasteiger partial charge in [-0.1, -0.05) is 107 Å². The standard InChI is InChI=1S/C19H37BrO/c1-3-5-6-7-8-9-10-11-12-13-14-15-16-18(17-20)19(21)4-2/h18H,3-17H2,1-2H3. The molecule has 1 unspecified atom stereocenters. The van der Waals surface area contributed by atoms with Gasteiger partial charge in [-0.05, 0) is 6.42 Å². The first-order chi connectivity index (χ1) is 10.3. The van der Waals surface area contributed by atoms with E-state index in [9.17, 15) is 4.79 Å². The van der Waals surface area contributed by atoms with Crippen molar-refractivity contribution in [1.29, 1.82) is 0 Å². The van der Waals surface area contributed by atoms with E-state index in [-0.39, 0.29) is 5.92 Å². The zero-order valence-corrected chi connectivity index (χ0v) is 16.1. The van der Waals surface area contributed by atoms with E-state index in [1.807, 2.05) is 6.92 Å². The highest BCUT2D eigenvalue weighted by molar-refractivity contribution is 9.09. The lowest BCUT2D eigenvalue weighted by atomic mass is 9.96. The van der Waals surface area contributed by atoms with Crippen molar-refractivity contribution in [2.24, 2.45) is 5.92 Å². The SMILES string of the molecule is CCCCCCCCCCCCCCC(CBr)C(=O)CC. The zero-order chi connectivity index (χ0) is 15.8. The fourth-order valence-electron chi connectivity index (χ4n) is 2.84. The van der Waals surface area contributed by atoms with Crippen LogP contribution in [0.1, 0.15) is 104 Å². The van der Waals surface area contributed by atoms with Crippen molar-refractivity contribution in [1.82, 2.24) is 0 Å². The van der Waals surface area contributed by atoms with E-state index in [0.717, 1.165) is 11.8 Å². The Kier molecular flexibility index (Phi) is 16.6. The molecule has 1 atom stereocenters. The number of halogens is 1. The Balaban J connectivity index is 3.23. The third kappa shape index (κ3) is 13.5. The minimum absolute atomic E-state index is 0.262. The van der Waals surface area contributed by atoms with Crippen LogP contribution in [0.5, 0.6) is 0 Å². The van der Waals surface area contributed by atoms with E-state index < -0.39 is 0 Å². The van der Waals surface area contributed by atoms with Crippen LogP contribution in [-0.4, -0.2) is 11.1 Å². The maximum absolute atomic E-state index is 11.6. The fraction of sp³-hybridized carbons (Fsp3) is 0.947. The number of hydrogen-bond acceptors (Lipinski definition) is 1. The summed E-state index contributed by atoms with van der Waals surface area (Å²) < 4.78 is 0. The molecule has 0 N–H and O–H groups in total. The third-order valence-corrected chi connectivity index (χ3v) is 5.18. The van der Waals surface area contributed by atoms with Crippen molar-refractivity contribution in [2.45, 2.75) is 104 Å². The first-order valence-corrected chi connectivity index (χ1v) is 10.5. The van der Waals surface area contributed by atoms with Gasteiger partial charge < -0.3 is 0 Å². The topological polar surface area (TPSA) is 17.1 Å². The quantitative estimate of drug-likeness (QED) is 0.212. The van der Waals surface area contributed by atoms with Gasteiger partial charge in [0, 0.05) is 17.7 Å². The summed E-state index contributed by atoms with van der Waals surface area (Å²) in [4.78, 5) is 11.6. The van der Waals surface area contributed by atoms with Crippen molar-refractivity contribution < 1.29 is 4.79 Å². The molecule has 0 aromatic carbocycles. The van der Waals surface area contributed by atoms with E-state index in [1.165, 1.54) is 77.0 Å². The lowest BCUT2D eigenvalue weighted by Gasteiger charge is -2.11. The fourth-order valence-corrected chi connectivity index (χ4v) is 3.53. The number of hydrogen-bond donors (Lipinski definition) is 0. The average molecular weight is 361 g/mol. The second-order valence-electron chi connectivity index (χ2n) is 6.35. The highest BCUT2D eigenvalue weighted by atomic mass is 79.9. The zero-order valence-electron chi connectivity index (χ0n) is 14.5. The van der Waals surface area contributed by atoms with Crippen LogP contribution in [0.2, 0.25) is 0 Å². The molecule has 0 spiro atoms. The van der Waals surface area contributed by atoms with Crippen LogP contribution in [0.15, 0.2) is 0 Å². The summed E-state index contributed by atoms with van der Waals surface area (Å²) in [5.41, 5.74) is 0. The van der Waals surface area contributed by atoms with Gasteiger partial charge in [0.15, 0.2) is 0 Å². The molecule has 0 bridgehead atoms. The van der Waals surface area contributed by atoms with Crippen molar-refractivity contribution in [3.8, 4) is 0 Å². The molecule has 0 aliphatic rings. The van der Waals surface area contributed by atoms with Crippen molar-refractivity contribution in [3.63, 3.8) is 0 Å². The second-order valence-corrected chi connectivity index (χ2v) is 7.00. The van der Waals surface area contributed by atoms with Crippen LogP contribution >= 0.6 is 15.9 Å². The van der Waals surface area contributed by atoms with Gasteiger partial charge in [-0.25, -0.2) is 0 Å². The van der Waals surface area contributed by atoms with Crippen LogP contribution < -0.4 is 0 Å². The molecule has 0 rings (SSSR count). The molecule has 0 radical (unpaired) electrons. The smallest absolute Gasteiger partial charge is 0.136 e. The maximum atomic E-state index is 11.6. The number of rotatable bonds is 16. The Morgan fingerprint density at radius 2 is 1.19 bits per heavy atom. The van der Waals surface area contributed by atoms with Gasteiger partial charge in [-0.15, -0.1) is 0 Å². The van der Waals surface area contributed by atoms with Crippen LogP contribution in [0.25, 0.3) is 0 Å². The lowest BCUT2D eigenvalue weighted by molar-refractivity contribution is -0.122. The summed E-state index contributed by atoms with van der Waals surface area (Å²) in [7, 11) is 0. The Hall–Kier alpha value is 0.150. The lowest BCUT2D eigenvalue weighted by Crippen LogP contribution is -2.14. The molecule has 1 nitrogen and oxygen atoms in total. The minimum atomic E-state index is 0.262. The molecule has 0 aromatic heterocycles. The van der Waals surface area contributed by atoms with Crippen LogP contribution in [-0.2, 0) is 4.79 Å². The molecule has 0 heterocycles. The predicted octanol–water partition coefficient (Wildman–Crippen LogP) is 7.07. The third-order valence-electron chi connectivity index (χ3n) is 4.40. The molecule has 2 heteroatoms. The van der Waals surface area contributed by atoms with E-state index in [2.05, 4.69) is 22.9 Å². The molecule has 0 aliphatic carbocycles. The predicted molar refractivity (Wildman–Crippen MR) is 98.3 cm³/mol. The van der Waals surface area contributed by atoms with Gasteiger partial charge in [0.25, 0.3) is 0 Å². The van der Waals surface area contributed by atoms with E-state index in [0.29, 0.717) is 12.2 Å². The second kappa shape index (κ2) is 16.5. The Morgan fingerprint density at radius 3 is 1.57 bits per heavy atom. The monoisotopic (exact) mass is 360 g/mol. The van der Waals surface area contributed by atoms with E-state index >= 15 is 0 Å². The summed E-state index contributed by atoms with van der Waals surface area (Å²) in [6.45, 7) is 4.25. The van der Waals surface area contributed by atoms with Gasteiger partial charge in [-0.3, -0.25) is 4.79 Å². The average Bonchev–Trinajstić information content (AvgIpc) is 2.51. The molecule has 0 amide bonds. The summed E-state index contributed by atoms with van der Waals surface area (Å²) >= 11 is 3.47. The Morgan fingerprint density at radius 1 is 0.762 bits per heavy atom. The minimum Gasteiger partial charge on any atom is -0.299 e. The Labute approximate surface area is 141 Å². The summed E-state index contributed by atoms with van der Waals surface area (Å²) in [5.74, 6) is 0.688. The first-order valence-electron chi connectivity index (χ1n) is 9.34. The number of carbonyl (C=O) groups is 1. The number of alkyl halides is 1. The molecule has 0 saturated carbocycles. The number of carbonyl (C=O) groups excluding carboxylic acids is 1. The normalized spacial score (nSPS) is 12.5. The van der Waals surface area contributed by atoms with Crippen LogP contribution in [0.4, 0.5) is 0 Å². The molecule has 21 heavy (non-hydrogen) atoms. The van der Waals surface area contributed by atoms with Gasteiger partial charge >= 0.3 is 0 Å². The summed E-state index contributed by atoms with van der Waals surface area (Å²) in [6, 6.07) is 0. The Bertz CT molecular complexity index is 228. The van der Waals surface area contributed by atoms with Gasteiger partial charge in [-0.2, -0.15) is 0 Å². The molecule has 0 fully saturated rings. The number of ketones is 1. The first kappa shape index (κ1) is 21.1.